The van der Waals surface area contributed by atoms with Gasteiger partial charge in [0.25, 0.3) is 0 Å². The molecule has 0 amide bonds. The zero-order valence-electron chi connectivity index (χ0n) is 22.8. The Labute approximate surface area is 207 Å². The van der Waals surface area contributed by atoms with Crippen LogP contribution < -0.4 is 11.5 Å². The molecule has 0 aliphatic heterocycles. The van der Waals surface area contributed by atoms with Gasteiger partial charge in [-0.3, -0.25) is 0 Å². The number of nitrogens with two attached hydrogens (primary N) is 2. The van der Waals surface area contributed by atoms with Crippen molar-refractivity contribution in [3.63, 3.8) is 0 Å². The standard InChI is InChI=1S/C32H44N2/c1-10-22-17-27(18-23(11-2)30(22)34)32(8,9)25-14-12-24(13-15-25)31(6,7)26-16-21(5)29(33)28(19-26)20(3)4/h12-20H,10-11,33-34H2,1-9H3. The van der Waals surface area contributed by atoms with Gasteiger partial charge in [0.15, 0.2) is 0 Å². The summed E-state index contributed by atoms with van der Waals surface area (Å²) in [5, 5.41) is 0. The summed E-state index contributed by atoms with van der Waals surface area (Å²) >= 11 is 0. The fourth-order valence-corrected chi connectivity index (χ4v) is 5.03. The Balaban J connectivity index is 2.02. The van der Waals surface area contributed by atoms with Crippen LogP contribution in [0.25, 0.3) is 0 Å². The van der Waals surface area contributed by atoms with E-state index >= 15 is 0 Å². The SMILES string of the molecule is CCc1cc(C(C)(C)c2ccc(C(C)(C)c3cc(C)c(N)c(C(C)C)c3)cc2)cc(CC)c1N. The fourth-order valence-electron chi connectivity index (χ4n) is 5.03. The molecule has 0 unspecified atom stereocenters. The van der Waals surface area contributed by atoms with E-state index in [1.807, 2.05) is 0 Å². The summed E-state index contributed by atoms with van der Waals surface area (Å²) in [6.07, 6.45) is 1.91. The van der Waals surface area contributed by atoms with Gasteiger partial charge in [-0.15, -0.1) is 0 Å². The molecule has 0 atom stereocenters. The van der Waals surface area contributed by atoms with Crippen LogP contribution in [0.3, 0.4) is 0 Å². The van der Waals surface area contributed by atoms with Crippen molar-refractivity contribution >= 4 is 11.4 Å². The lowest BCUT2D eigenvalue weighted by atomic mass is 9.73. The van der Waals surface area contributed by atoms with E-state index in [0.717, 1.165) is 29.8 Å². The van der Waals surface area contributed by atoms with Crippen molar-refractivity contribution < 1.29 is 0 Å². The van der Waals surface area contributed by atoms with Crippen LogP contribution in [0.5, 0.6) is 0 Å². The molecule has 2 nitrogen and oxygen atoms in total. The van der Waals surface area contributed by atoms with Crippen molar-refractivity contribution in [2.45, 2.75) is 91.9 Å². The predicted octanol–water partition coefficient (Wildman–Crippen LogP) is 8.06. The lowest BCUT2D eigenvalue weighted by Gasteiger charge is -2.31. The summed E-state index contributed by atoms with van der Waals surface area (Å²) in [5.74, 6) is 0.401. The van der Waals surface area contributed by atoms with Crippen LogP contribution in [0.2, 0.25) is 0 Å². The van der Waals surface area contributed by atoms with E-state index in [4.69, 9.17) is 11.5 Å². The first-order chi connectivity index (χ1) is 15.8. The van der Waals surface area contributed by atoms with E-state index in [9.17, 15) is 0 Å². The topological polar surface area (TPSA) is 52.0 Å². The number of hydrogen-bond acceptors (Lipinski definition) is 2. The Kier molecular flexibility index (Phi) is 7.22. The van der Waals surface area contributed by atoms with E-state index in [1.54, 1.807) is 0 Å². The highest BCUT2D eigenvalue weighted by Gasteiger charge is 2.28. The maximum absolute atomic E-state index is 6.42. The molecule has 0 aliphatic carbocycles. The van der Waals surface area contributed by atoms with Gasteiger partial charge in [-0.1, -0.05) is 104 Å². The monoisotopic (exact) mass is 456 g/mol. The number of nitrogen functional groups attached to an aromatic ring is 2. The van der Waals surface area contributed by atoms with Gasteiger partial charge in [-0.05, 0) is 70.2 Å². The Morgan fingerprint density at radius 2 is 1.06 bits per heavy atom. The quantitative estimate of drug-likeness (QED) is 0.353. The number of aryl methyl sites for hydroxylation is 3. The van der Waals surface area contributed by atoms with Gasteiger partial charge in [-0.25, -0.2) is 0 Å². The summed E-state index contributed by atoms with van der Waals surface area (Å²) in [6, 6.07) is 18.4. The van der Waals surface area contributed by atoms with Crippen LogP contribution in [-0.4, -0.2) is 0 Å². The second kappa shape index (κ2) is 9.49. The van der Waals surface area contributed by atoms with Crippen molar-refractivity contribution in [3.8, 4) is 0 Å². The molecule has 0 bridgehead atoms. The fraction of sp³-hybridized carbons (Fsp3) is 0.438. The van der Waals surface area contributed by atoms with E-state index < -0.39 is 0 Å². The largest absolute Gasteiger partial charge is 0.398 e. The molecule has 0 heterocycles. The molecule has 0 saturated heterocycles. The lowest BCUT2D eigenvalue weighted by molar-refractivity contribution is 0.624. The van der Waals surface area contributed by atoms with Crippen LogP contribution in [0.4, 0.5) is 11.4 Å². The molecule has 3 rings (SSSR count). The molecular formula is C32H44N2. The first-order valence-electron chi connectivity index (χ1n) is 12.8. The Morgan fingerprint density at radius 3 is 1.44 bits per heavy atom. The lowest BCUT2D eigenvalue weighted by Crippen LogP contribution is -2.22. The highest BCUT2D eigenvalue weighted by atomic mass is 14.6. The normalized spacial score (nSPS) is 12.4. The Hall–Kier alpha value is -2.74. The number of anilines is 2. The van der Waals surface area contributed by atoms with Crippen LogP contribution >= 0.6 is 0 Å². The highest BCUT2D eigenvalue weighted by molar-refractivity contribution is 5.60. The van der Waals surface area contributed by atoms with Crippen LogP contribution in [0.15, 0.2) is 48.5 Å². The third-order valence-electron chi connectivity index (χ3n) is 7.93. The molecule has 0 aliphatic rings. The third-order valence-corrected chi connectivity index (χ3v) is 7.93. The average molecular weight is 457 g/mol. The van der Waals surface area contributed by atoms with Gasteiger partial charge in [0.05, 0.1) is 0 Å². The summed E-state index contributed by atoms with van der Waals surface area (Å²) in [5.41, 5.74) is 24.7. The molecular weight excluding hydrogens is 412 g/mol. The maximum Gasteiger partial charge on any atom is 0.0379 e. The van der Waals surface area contributed by atoms with Crippen molar-refractivity contribution in [1.29, 1.82) is 0 Å². The maximum atomic E-state index is 6.42. The van der Waals surface area contributed by atoms with Gasteiger partial charge >= 0.3 is 0 Å². The minimum Gasteiger partial charge on any atom is -0.398 e. The van der Waals surface area contributed by atoms with Crippen molar-refractivity contribution in [2.75, 3.05) is 11.5 Å². The minimum atomic E-state index is -0.114. The second-order valence-corrected chi connectivity index (χ2v) is 11.2. The molecule has 0 aromatic heterocycles. The van der Waals surface area contributed by atoms with E-state index in [-0.39, 0.29) is 10.8 Å². The summed E-state index contributed by atoms with van der Waals surface area (Å²) in [4.78, 5) is 0. The number of hydrogen-bond donors (Lipinski definition) is 2. The highest BCUT2D eigenvalue weighted by Crippen LogP contribution is 2.39. The molecule has 182 valence electrons. The predicted molar refractivity (Wildman–Crippen MR) is 150 cm³/mol. The zero-order valence-corrected chi connectivity index (χ0v) is 22.8. The van der Waals surface area contributed by atoms with Crippen LogP contribution in [0, 0.1) is 6.92 Å². The summed E-state index contributed by atoms with van der Waals surface area (Å²) in [6.45, 7) is 20.2. The third kappa shape index (κ3) is 4.60. The van der Waals surface area contributed by atoms with E-state index in [2.05, 4.69) is 111 Å². The van der Waals surface area contributed by atoms with Gasteiger partial charge in [-0.2, -0.15) is 0 Å². The molecule has 34 heavy (non-hydrogen) atoms. The molecule has 3 aromatic carbocycles. The summed E-state index contributed by atoms with van der Waals surface area (Å²) in [7, 11) is 0. The number of benzene rings is 3. The van der Waals surface area contributed by atoms with E-state index in [1.165, 1.54) is 38.9 Å². The molecule has 0 fully saturated rings. The first kappa shape index (κ1) is 25.9. The van der Waals surface area contributed by atoms with Crippen molar-refractivity contribution in [2.24, 2.45) is 0 Å². The van der Waals surface area contributed by atoms with Crippen molar-refractivity contribution in [3.05, 3.63) is 93.0 Å². The number of rotatable bonds is 7. The Morgan fingerprint density at radius 1 is 0.647 bits per heavy atom. The Bertz CT molecular complexity index is 1110. The van der Waals surface area contributed by atoms with E-state index in [0.29, 0.717) is 5.92 Å². The summed E-state index contributed by atoms with van der Waals surface area (Å²) < 4.78 is 0. The first-order valence-corrected chi connectivity index (χ1v) is 12.8. The molecule has 0 radical (unpaired) electrons. The van der Waals surface area contributed by atoms with Gasteiger partial charge in [0, 0.05) is 22.2 Å². The van der Waals surface area contributed by atoms with Gasteiger partial charge in [0.2, 0.25) is 0 Å². The molecule has 4 N–H and O–H groups in total. The van der Waals surface area contributed by atoms with Crippen LogP contribution in [0.1, 0.15) is 106 Å². The van der Waals surface area contributed by atoms with Crippen molar-refractivity contribution in [1.82, 2.24) is 0 Å². The molecule has 0 spiro atoms. The molecule has 2 heteroatoms. The molecule has 0 saturated carbocycles. The van der Waals surface area contributed by atoms with Gasteiger partial charge < -0.3 is 11.5 Å². The average Bonchev–Trinajstić information content (AvgIpc) is 2.80. The minimum absolute atomic E-state index is 0.104. The smallest absolute Gasteiger partial charge is 0.0379 e. The molecule has 3 aromatic rings. The van der Waals surface area contributed by atoms with Crippen LogP contribution in [-0.2, 0) is 23.7 Å². The zero-order chi connectivity index (χ0) is 25.4. The van der Waals surface area contributed by atoms with Gasteiger partial charge in [0.1, 0.15) is 0 Å². The second-order valence-electron chi connectivity index (χ2n) is 11.2.